The van der Waals surface area contributed by atoms with E-state index in [1.807, 2.05) is 19.1 Å². The van der Waals surface area contributed by atoms with Crippen LogP contribution in [0.4, 0.5) is 0 Å². The fourth-order valence-corrected chi connectivity index (χ4v) is 2.40. The van der Waals surface area contributed by atoms with Crippen LogP contribution in [0.2, 0.25) is 0 Å². The van der Waals surface area contributed by atoms with Crippen molar-refractivity contribution in [3.8, 4) is 5.75 Å². The number of hydrogen-bond acceptors (Lipinski definition) is 3. The van der Waals surface area contributed by atoms with Crippen LogP contribution in [-0.2, 0) is 0 Å². The Hall–Kier alpha value is -1.55. The number of rotatable bonds is 4. The number of nitrogens with one attached hydrogen (secondary N) is 1. The Balaban J connectivity index is 1.88. The smallest absolute Gasteiger partial charge is 0.251 e. The average molecular weight is 262 g/mol. The van der Waals surface area contributed by atoms with Crippen LogP contribution in [0.1, 0.15) is 43.0 Å². The van der Waals surface area contributed by atoms with Gasteiger partial charge in [0.15, 0.2) is 0 Å². The van der Waals surface area contributed by atoms with Crippen molar-refractivity contribution in [1.29, 1.82) is 0 Å². The molecule has 2 rings (SSSR count). The summed E-state index contributed by atoms with van der Waals surface area (Å²) >= 11 is 0. The van der Waals surface area contributed by atoms with Crippen LogP contribution in [0.15, 0.2) is 24.3 Å². The van der Waals surface area contributed by atoms with Crippen molar-refractivity contribution < 1.29 is 9.53 Å². The molecule has 3 N–H and O–H groups in total. The molecule has 1 fully saturated rings. The van der Waals surface area contributed by atoms with Crippen LogP contribution in [0.3, 0.4) is 0 Å². The molecule has 1 aromatic rings. The van der Waals surface area contributed by atoms with E-state index in [9.17, 15) is 4.79 Å². The lowest BCUT2D eigenvalue weighted by atomic mass is 9.91. The van der Waals surface area contributed by atoms with Crippen LogP contribution >= 0.6 is 0 Å². The van der Waals surface area contributed by atoms with Gasteiger partial charge in [0, 0.05) is 17.6 Å². The molecule has 0 radical (unpaired) electrons. The highest BCUT2D eigenvalue weighted by Gasteiger charge is 2.20. The fourth-order valence-electron chi connectivity index (χ4n) is 2.40. The quantitative estimate of drug-likeness (QED) is 0.873. The van der Waals surface area contributed by atoms with Gasteiger partial charge in [-0.1, -0.05) is 0 Å². The highest BCUT2D eigenvalue weighted by atomic mass is 16.5. The predicted molar refractivity (Wildman–Crippen MR) is 75.3 cm³/mol. The Bertz CT molecular complexity index is 409. The first-order valence-electron chi connectivity index (χ1n) is 6.98. The lowest BCUT2D eigenvalue weighted by Crippen LogP contribution is -2.40. The molecule has 0 spiro atoms. The molecular formula is C15H22N2O2. The molecule has 1 aliphatic rings. The maximum Gasteiger partial charge on any atom is 0.251 e. The van der Waals surface area contributed by atoms with Gasteiger partial charge in [0.25, 0.3) is 5.91 Å². The molecule has 1 aromatic carbocycles. The molecule has 0 aliphatic heterocycles. The lowest BCUT2D eigenvalue weighted by Gasteiger charge is -2.26. The van der Waals surface area contributed by atoms with Crippen LogP contribution < -0.4 is 15.8 Å². The molecule has 19 heavy (non-hydrogen) atoms. The van der Waals surface area contributed by atoms with Gasteiger partial charge in [-0.3, -0.25) is 4.79 Å². The Kier molecular flexibility index (Phi) is 4.80. The molecule has 0 atom stereocenters. The van der Waals surface area contributed by atoms with E-state index in [-0.39, 0.29) is 11.9 Å². The van der Waals surface area contributed by atoms with Crippen molar-refractivity contribution in [3.63, 3.8) is 0 Å². The van der Waals surface area contributed by atoms with Gasteiger partial charge in [-0.25, -0.2) is 0 Å². The average Bonchev–Trinajstić information content (AvgIpc) is 2.42. The van der Waals surface area contributed by atoms with Gasteiger partial charge in [0.2, 0.25) is 0 Å². The van der Waals surface area contributed by atoms with E-state index in [0.717, 1.165) is 31.4 Å². The third-order valence-electron chi connectivity index (χ3n) is 3.53. The summed E-state index contributed by atoms with van der Waals surface area (Å²) < 4.78 is 5.36. The van der Waals surface area contributed by atoms with Gasteiger partial charge in [-0.2, -0.15) is 0 Å². The van der Waals surface area contributed by atoms with Crippen LogP contribution in [0.25, 0.3) is 0 Å². The minimum atomic E-state index is -0.0106. The molecule has 0 saturated heterocycles. The van der Waals surface area contributed by atoms with Crippen LogP contribution in [0, 0.1) is 0 Å². The van der Waals surface area contributed by atoms with E-state index in [1.54, 1.807) is 12.1 Å². The molecule has 0 bridgehead atoms. The number of hydrogen-bond donors (Lipinski definition) is 2. The number of amides is 1. The standard InChI is InChI=1S/C15H22N2O2/c1-2-19-14-9-3-11(4-10-14)15(18)17-13-7-5-12(16)6-8-13/h3-4,9-10,12-13H,2,5-8,16H2,1H3,(H,17,18). The topological polar surface area (TPSA) is 64.3 Å². The Labute approximate surface area is 114 Å². The van der Waals surface area contributed by atoms with Crippen LogP contribution in [-0.4, -0.2) is 24.6 Å². The summed E-state index contributed by atoms with van der Waals surface area (Å²) in [7, 11) is 0. The number of carbonyl (C=O) groups is 1. The van der Waals surface area contributed by atoms with Crippen LogP contribution in [0.5, 0.6) is 5.75 Å². The van der Waals surface area contributed by atoms with Crippen molar-refractivity contribution in [2.45, 2.75) is 44.7 Å². The van der Waals surface area contributed by atoms with Gasteiger partial charge < -0.3 is 15.8 Å². The van der Waals surface area contributed by atoms with Gasteiger partial charge in [0.1, 0.15) is 5.75 Å². The second kappa shape index (κ2) is 6.57. The van der Waals surface area contributed by atoms with Crippen molar-refractivity contribution >= 4 is 5.91 Å². The van der Waals surface area contributed by atoms with Gasteiger partial charge >= 0.3 is 0 Å². The minimum Gasteiger partial charge on any atom is -0.494 e. The zero-order valence-corrected chi connectivity index (χ0v) is 11.4. The van der Waals surface area contributed by atoms with Crippen molar-refractivity contribution in [2.24, 2.45) is 5.73 Å². The summed E-state index contributed by atoms with van der Waals surface area (Å²) in [6.07, 6.45) is 3.94. The summed E-state index contributed by atoms with van der Waals surface area (Å²) in [5.41, 5.74) is 6.54. The number of carbonyl (C=O) groups excluding carboxylic acids is 1. The molecular weight excluding hydrogens is 240 g/mol. The van der Waals surface area contributed by atoms with E-state index >= 15 is 0 Å². The van der Waals surface area contributed by atoms with Gasteiger partial charge in [-0.15, -0.1) is 0 Å². The zero-order chi connectivity index (χ0) is 13.7. The lowest BCUT2D eigenvalue weighted by molar-refractivity contribution is 0.0926. The fraction of sp³-hybridized carbons (Fsp3) is 0.533. The largest absolute Gasteiger partial charge is 0.494 e. The molecule has 1 aliphatic carbocycles. The number of nitrogens with two attached hydrogens (primary N) is 1. The zero-order valence-electron chi connectivity index (χ0n) is 11.4. The molecule has 0 unspecified atom stereocenters. The normalized spacial score (nSPS) is 22.8. The first-order chi connectivity index (χ1) is 9.19. The molecule has 0 aromatic heterocycles. The third kappa shape index (κ3) is 3.96. The summed E-state index contributed by atoms with van der Waals surface area (Å²) in [4.78, 5) is 12.1. The van der Waals surface area contributed by atoms with Crippen molar-refractivity contribution in [1.82, 2.24) is 5.32 Å². The van der Waals surface area contributed by atoms with Gasteiger partial charge in [-0.05, 0) is 56.9 Å². The summed E-state index contributed by atoms with van der Waals surface area (Å²) in [5, 5.41) is 3.07. The SMILES string of the molecule is CCOc1ccc(C(=O)NC2CCC(N)CC2)cc1. The predicted octanol–water partition coefficient (Wildman–Crippen LogP) is 2.08. The monoisotopic (exact) mass is 262 g/mol. The first kappa shape index (κ1) is 13.9. The maximum absolute atomic E-state index is 12.1. The van der Waals surface area contributed by atoms with E-state index in [0.29, 0.717) is 18.2 Å². The second-order valence-corrected chi connectivity index (χ2v) is 5.04. The van der Waals surface area contributed by atoms with Crippen molar-refractivity contribution in [3.05, 3.63) is 29.8 Å². The van der Waals surface area contributed by atoms with E-state index < -0.39 is 0 Å². The maximum atomic E-state index is 12.1. The van der Waals surface area contributed by atoms with Gasteiger partial charge in [0.05, 0.1) is 6.61 Å². The van der Waals surface area contributed by atoms with E-state index in [1.165, 1.54) is 0 Å². The highest BCUT2D eigenvalue weighted by Crippen LogP contribution is 2.18. The molecule has 1 saturated carbocycles. The highest BCUT2D eigenvalue weighted by molar-refractivity contribution is 5.94. The Morgan fingerprint density at radius 2 is 1.89 bits per heavy atom. The summed E-state index contributed by atoms with van der Waals surface area (Å²) in [5.74, 6) is 0.784. The first-order valence-corrected chi connectivity index (χ1v) is 6.98. The molecule has 104 valence electrons. The Morgan fingerprint density at radius 1 is 1.26 bits per heavy atom. The summed E-state index contributed by atoms with van der Waals surface area (Å²) in [6, 6.07) is 7.83. The van der Waals surface area contributed by atoms with Crippen molar-refractivity contribution in [2.75, 3.05) is 6.61 Å². The molecule has 0 heterocycles. The molecule has 4 heteroatoms. The Morgan fingerprint density at radius 3 is 2.47 bits per heavy atom. The second-order valence-electron chi connectivity index (χ2n) is 5.04. The van der Waals surface area contributed by atoms with E-state index in [2.05, 4.69) is 5.32 Å². The minimum absolute atomic E-state index is 0.0106. The summed E-state index contributed by atoms with van der Waals surface area (Å²) in [6.45, 7) is 2.57. The molecule has 4 nitrogen and oxygen atoms in total. The third-order valence-corrected chi connectivity index (χ3v) is 3.53. The number of ether oxygens (including phenoxy) is 1. The molecule has 1 amide bonds. The van der Waals surface area contributed by atoms with E-state index in [4.69, 9.17) is 10.5 Å². The number of benzene rings is 1.